The Morgan fingerprint density at radius 3 is 2.38 bits per heavy atom. The first-order valence-electron chi connectivity index (χ1n) is 8.82. The Morgan fingerprint density at radius 1 is 1.08 bits per heavy atom. The van der Waals surface area contributed by atoms with Gasteiger partial charge in [-0.05, 0) is 68.7 Å². The maximum atomic E-state index is 12.7. The first-order valence-corrected chi connectivity index (χ1v) is 8.82. The Bertz CT molecular complexity index is 964. The smallest absolute Gasteiger partial charge is 0.184 e. The van der Waals surface area contributed by atoms with Crippen molar-refractivity contribution in [3.8, 4) is 0 Å². The molecular formula is C22H21NO3. The number of rotatable bonds is 0. The van der Waals surface area contributed by atoms with E-state index in [2.05, 4.69) is 0 Å². The van der Waals surface area contributed by atoms with Crippen LogP contribution in [0.4, 0.5) is 0 Å². The molecule has 0 bridgehead atoms. The van der Waals surface area contributed by atoms with Gasteiger partial charge >= 0.3 is 0 Å². The Balaban J connectivity index is 2.14. The zero-order valence-corrected chi connectivity index (χ0v) is 15.4. The van der Waals surface area contributed by atoms with E-state index >= 15 is 0 Å². The van der Waals surface area contributed by atoms with E-state index in [4.69, 9.17) is 4.99 Å². The average molecular weight is 347 g/mol. The highest BCUT2D eigenvalue weighted by Gasteiger charge is 2.54. The summed E-state index contributed by atoms with van der Waals surface area (Å²) in [5.41, 5.74) is 5.05. The number of nitrogens with zero attached hydrogens (tertiary/aromatic N) is 1. The van der Waals surface area contributed by atoms with Gasteiger partial charge in [-0.1, -0.05) is 17.2 Å². The Morgan fingerprint density at radius 2 is 1.73 bits per heavy atom. The number of hydrogen-bond acceptors (Lipinski definition) is 4. The van der Waals surface area contributed by atoms with Gasteiger partial charge in [-0.3, -0.25) is 14.6 Å². The minimum atomic E-state index is -0.667. The van der Waals surface area contributed by atoms with Gasteiger partial charge in [-0.25, -0.2) is 0 Å². The lowest BCUT2D eigenvalue weighted by molar-refractivity contribution is -0.112. The molecule has 1 N–H and O–H groups in total. The summed E-state index contributed by atoms with van der Waals surface area (Å²) in [5.74, 6) is 0.0245. The molecule has 0 radical (unpaired) electrons. The fraction of sp³-hybridized carbons (Fsp3) is 0.318. The minimum absolute atomic E-state index is 0.0440. The Kier molecular flexibility index (Phi) is 3.45. The van der Waals surface area contributed by atoms with Gasteiger partial charge in [0.25, 0.3) is 0 Å². The van der Waals surface area contributed by atoms with Crippen molar-refractivity contribution >= 4 is 17.3 Å². The van der Waals surface area contributed by atoms with Crippen molar-refractivity contribution in [1.29, 1.82) is 0 Å². The van der Waals surface area contributed by atoms with Gasteiger partial charge in [0.1, 0.15) is 0 Å². The van der Waals surface area contributed by atoms with E-state index in [1.54, 1.807) is 12.2 Å². The minimum Gasteiger partial charge on any atom is -0.512 e. The summed E-state index contributed by atoms with van der Waals surface area (Å²) >= 11 is 0. The molecule has 26 heavy (non-hydrogen) atoms. The normalized spacial score (nSPS) is 27.0. The molecule has 0 aromatic carbocycles. The van der Waals surface area contributed by atoms with Crippen molar-refractivity contribution in [2.45, 2.75) is 34.1 Å². The standard InChI is InChI=1S/C22H21NO3/c1-11-13(3)22(14(4)12(2)21(11)26)17-9-15(24)5-7-19(17)23-20-8-6-16(25)10-18(20)22/h5,7-10,18,25H,6H2,1-4H3/t18-/m1/s1. The lowest BCUT2D eigenvalue weighted by Crippen LogP contribution is -2.45. The second-order valence-electron chi connectivity index (χ2n) is 7.40. The van der Waals surface area contributed by atoms with Gasteiger partial charge in [-0.15, -0.1) is 0 Å². The molecule has 0 saturated carbocycles. The van der Waals surface area contributed by atoms with Crippen LogP contribution in [0.3, 0.4) is 0 Å². The third-order valence-corrected chi connectivity index (χ3v) is 6.30. The quantitative estimate of drug-likeness (QED) is 0.671. The fourth-order valence-corrected chi connectivity index (χ4v) is 4.74. The molecule has 0 saturated heterocycles. The van der Waals surface area contributed by atoms with Crippen molar-refractivity contribution in [2.24, 2.45) is 16.3 Å². The molecule has 132 valence electrons. The number of hydrogen-bond donors (Lipinski definition) is 1. The van der Waals surface area contributed by atoms with Crippen molar-refractivity contribution in [3.63, 3.8) is 0 Å². The van der Waals surface area contributed by atoms with Crippen LogP contribution in [0.25, 0.3) is 0 Å². The predicted octanol–water partition coefficient (Wildman–Crippen LogP) is 4.09. The molecule has 0 amide bonds. The summed E-state index contributed by atoms with van der Waals surface area (Å²) in [5, 5.41) is 10.2. The number of Topliss-reactive ketones (excluding diaryl/α,β-unsaturated/α-hetero) is 1. The van der Waals surface area contributed by atoms with Gasteiger partial charge < -0.3 is 5.11 Å². The monoisotopic (exact) mass is 347 g/mol. The fourth-order valence-electron chi connectivity index (χ4n) is 4.74. The third-order valence-electron chi connectivity index (χ3n) is 6.30. The number of carbonyl (C=O) groups is 2. The van der Waals surface area contributed by atoms with Crippen molar-refractivity contribution < 1.29 is 14.7 Å². The van der Waals surface area contributed by atoms with Crippen LogP contribution >= 0.6 is 0 Å². The SMILES string of the molecule is CC1=C(C)C2(C3=CC(=O)C=CC3=NC3=CCC(O)=C[C@H]32)C(C)=C(C)C1=O. The van der Waals surface area contributed by atoms with E-state index in [9.17, 15) is 14.7 Å². The zero-order chi connectivity index (χ0) is 18.8. The van der Waals surface area contributed by atoms with E-state index < -0.39 is 5.41 Å². The molecule has 0 fully saturated rings. The lowest BCUT2D eigenvalue weighted by Gasteiger charge is -2.50. The lowest BCUT2D eigenvalue weighted by atomic mass is 9.53. The first-order chi connectivity index (χ1) is 12.3. The van der Waals surface area contributed by atoms with Gasteiger partial charge in [0.2, 0.25) is 0 Å². The van der Waals surface area contributed by atoms with Crippen LogP contribution in [-0.2, 0) is 9.59 Å². The summed E-state index contributed by atoms with van der Waals surface area (Å²) < 4.78 is 0. The number of ketones is 2. The Labute approximate surface area is 152 Å². The Hall–Kier alpha value is -2.75. The molecule has 4 heteroatoms. The third kappa shape index (κ3) is 1.93. The molecule has 3 aliphatic carbocycles. The van der Waals surface area contributed by atoms with Gasteiger partial charge in [0.05, 0.1) is 16.9 Å². The van der Waals surface area contributed by atoms with Crippen LogP contribution in [0.2, 0.25) is 0 Å². The number of allylic oxidation sites excluding steroid dienone is 10. The summed E-state index contributed by atoms with van der Waals surface area (Å²) in [6.45, 7) is 7.62. The number of aliphatic imine (C=N–C) groups is 1. The maximum Gasteiger partial charge on any atom is 0.184 e. The summed E-state index contributed by atoms with van der Waals surface area (Å²) in [4.78, 5) is 29.7. The van der Waals surface area contributed by atoms with Crippen LogP contribution in [-0.4, -0.2) is 22.4 Å². The van der Waals surface area contributed by atoms with E-state index in [-0.39, 0.29) is 17.5 Å². The average Bonchev–Trinajstić information content (AvgIpc) is 2.63. The molecule has 0 unspecified atom stereocenters. The van der Waals surface area contributed by atoms with E-state index in [0.717, 1.165) is 28.1 Å². The first kappa shape index (κ1) is 16.7. The largest absolute Gasteiger partial charge is 0.512 e. The van der Waals surface area contributed by atoms with E-state index in [1.165, 1.54) is 6.08 Å². The highest BCUT2D eigenvalue weighted by Crippen LogP contribution is 2.59. The van der Waals surface area contributed by atoms with Crippen molar-refractivity contribution in [1.82, 2.24) is 0 Å². The topological polar surface area (TPSA) is 66.7 Å². The van der Waals surface area contributed by atoms with Crippen LogP contribution in [0.15, 0.2) is 74.7 Å². The van der Waals surface area contributed by atoms with E-state index in [0.29, 0.717) is 23.3 Å². The second-order valence-corrected chi connectivity index (χ2v) is 7.40. The van der Waals surface area contributed by atoms with Crippen molar-refractivity contribution in [2.75, 3.05) is 0 Å². The summed E-state index contributed by atoms with van der Waals surface area (Å²) in [6.07, 6.45) is 9.15. The summed E-state index contributed by atoms with van der Waals surface area (Å²) in [7, 11) is 0. The molecule has 0 aromatic rings. The number of aliphatic hydroxyl groups is 1. The molecule has 4 nitrogen and oxygen atoms in total. The molecule has 1 aliphatic heterocycles. The van der Waals surface area contributed by atoms with Crippen molar-refractivity contribution in [3.05, 3.63) is 69.7 Å². The number of carbonyl (C=O) groups excluding carboxylic acids is 2. The molecule has 1 spiro atoms. The molecule has 1 atom stereocenters. The summed E-state index contributed by atoms with van der Waals surface area (Å²) in [6, 6.07) is 0. The molecular weight excluding hydrogens is 326 g/mol. The zero-order valence-electron chi connectivity index (χ0n) is 15.4. The highest BCUT2D eigenvalue weighted by molar-refractivity contribution is 6.22. The van der Waals surface area contributed by atoms with Gasteiger partial charge in [-0.2, -0.15) is 0 Å². The van der Waals surface area contributed by atoms with Crippen LogP contribution in [0.1, 0.15) is 34.1 Å². The van der Waals surface area contributed by atoms with Crippen LogP contribution in [0, 0.1) is 11.3 Å². The van der Waals surface area contributed by atoms with Gasteiger partial charge in [0, 0.05) is 18.0 Å². The highest BCUT2D eigenvalue weighted by atomic mass is 16.3. The number of aliphatic hydroxyl groups excluding tert-OH is 1. The predicted molar refractivity (Wildman–Crippen MR) is 101 cm³/mol. The molecule has 4 aliphatic rings. The molecule has 0 aromatic heterocycles. The molecule has 4 rings (SSSR count). The second kappa shape index (κ2) is 5.37. The van der Waals surface area contributed by atoms with Crippen LogP contribution in [0.5, 0.6) is 0 Å². The van der Waals surface area contributed by atoms with Gasteiger partial charge in [0.15, 0.2) is 11.6 Å². The number of fused-ring (bicyclic) bond motifs is 4. The molecule has 1 heterocycles. The van der Waals surface area contributed by atoms with E-state index in [1.807, 2.05) is 39.8 Å². The maximum absolute atomic E-state index is 12.7. The van der Waals surface area contributed by atoms with Crippen LogP contribution < -0.4 is 0 Å².